The predicted octanol–water partition coefficient (Wildman–Crippen LogP) is -0.114. The van der Waals surface area contributed by atoms with Gasteiger partial charge in [-0.15, -0.1) is 0 Å². The molecule has 0 atom stereocenters. The average Bonchev–Trinajstić information content (AvgIpc) is 2.27. The summed E-state index contributed by atoms with van der Waals surface area (Å²) in [5, 5.41) is 14.1. The van der Waals surface area contributed by atoms with E-state index in [0.29, 0.717) is 11.3 Å². The highest BCUT2D eigenvalue weighted by molar-refractivity contribution is 7.89. The maximum atomic E-state index is 11.4. The van der Waals surface area contributed by atoms with E-state index in [9.17, 15) is 8.42 Å². The maximum Gasteiger partial charge on any atom is 0.238 e. The van der Waals surface area contributed by atoms with Gasteiger partial charge in [0, 0.05) is 18.6 Å². The van der Waals surface area contributed by atoms with Crippen molar-refractivity contribution < 1.29 is 23.0 Å². The van der Waals surface area contributed by atoms with Crippen LogP contribution in [0.4, 0.5) is 0 Å². The molecule has 0 aliphatic rings. The Morgan fingerprint density at radius 2 is 1.94 bits per heavy atom. The molecule has 7 heteroatoms. The van der Waals surface area contributed by atoms with Gasteiger partial charge in [0.15, 0.2) is 11.5 Å². The number of sulfonamides is 1. The van der Waals surface area contributed by atoms with E-state index >= 15 is 0 Å². The average molecular weight is 261 g/mol. The van der Waals surface area contributed by atoms with Gasteiger partial charge in [0.2, 0.25) is 10.0 Å². The highest BCUT2D eigenvalue weighted by Gasteiger charge is 2.20. The fourth-order valence-electron chi connectivity index (χ4n) is 1.59. The second-order valence-corrected chi connectivity index (χ2v) is 4.83. The Morgan fingerprint density at radius 3 is 2.35 bits per heavy atom. The SMILES string of the molecule is COc1ccc(S(N)(=O)=O)c(CCO)c1OC. The zero-order valence-electron chi connectivity index (χ0n) is 9.63. The van der Waals surface area contributed by atoms with Crippen molar-refractivity contribution in [2.75, 3.05) is 20.8 Å². The van der Waals surface area contributed by atoms with Crippen LogP contribution in [0.5, 0.6) is 11.5 Å². The molecule has 0 aromatic heterocycles. The van der Waals surface area contributed by atoms with Crippen molar-refractivity contribution in [3.05, 3.63) is 17.7 Å². The molecular weight excluding hydrogens is 246 g/mol. The molecule has 0 unspecified atom stereocenters. The third kappa shape index (κ3) is 2.87. The third-order valence-corrected chi connectivity index (χ3v) is 3.27. The van der Waals surface area contributed by atoms with Gasteiger partial charge >= 0.3 is 0 Å². The fraction of sp³-hybridized carbons (Fsp3) is 0.400. The second-order valence-electron chi connectivity index (χ2n) is 3.30. The molecule has 0 heterocycles. The Balaban J connectivity index is 3.53. The highest BCUT2D eigenvalue weighted by atomic mass is 32.2. The Kier molecular flexibility index (Phi) is 4.33. The lowest BCUT2D eigenvalue weighted by atomic mass is 10.1. The van der Waals surface area contributed by atoms with Gasteiger partial charge in [-0.25, -0.2) is 13.6 Å². The lowest BCUT2D eigenvalue weighted by molar-refractivity contribution is 0.293. The molecular formula is C10H15NO5S. The molecule has 0 radical (unpaired) electrons. The van der Waals surface area contributed by atoms with Crippen molar-refractivity contribution in [1.82, 2.24) is 0 Å². The van der Waals surface area contributed by atoms with Crippen molar-refractivity contribution in [1.29, 1.82) is 0 Å². The molecule has 1 rings (SSSR count). The van der Waals surface area contributed by atoms with E-state index in [1.54, 1.807) is 0 Å². The van der Waals surface area contributed by atoms with Crippen LogP contribution in [-0.4, -0.2) is 34.4 Å². The monoisotopic (exact) mass is 261 g/mol. The molecule has 6 nitrogen and oxygen atoms in total. The zero-order valence-corrected chi connectivity index (χ0v) is 10.5. The maximum absolute atomic E-state index is 11.4. The van der Waals surface area contributed by atoms with E-state index < -0.39 is 10.0 Å². The fourth-order valence-corrected chi connectivity index (χ4v) is 2.38. The minimum Gasteiger partial charge on any atom is -0.493 e. The quantitative estimate of drug-likeness (QED) is 0.770. The molecule has 0 saturated carbocycles. The van der Waals surface area contributed by atoms with Gasteiger partial charge in [0.1, 0.15) is 0 Å². The topological polar surface area (TPSA) is 98.9 Å². The summed E-state index contributed by atoms with van der Waals surface area (Å²) in [6, 6.07) is 2.79. The molecule has 1 aromatic rings. The van der Waals surface area contributed by atoms with E-state index in [1.165, 1.54) is 26.4 Å². The van der Waals surface area contributed by atoms with Crippen LogP contribution < -0.4 is 14.6 Å². The standard InChI is InChI=1S/C10H15NO5S/c1-15-8-3-4-9(17(11,13)14)7(5-6-12)10(8)16-2/h3-4,12H,5-6H2,1-2H3,(H2,11,13,14). The second kappa shape index (κ2) is 5.35. The number of benzene rings is 1. The predicted molar refractivity (Wildman–Crippen MR) is 61.7 cm³/mol. The molecule has 1 aromatic carbocycles. The van der Waals surface area contributed by atoms with Gasteiger partial charge in [-0.05, 0) is 12.1 Å². The molecule has 0 bridgehead atoms. The largest absolute Gasteiger partial charge is 0.493 e. The highest BCUT2D eigenvalue weighted by Crippen LogP contribution is 2.35. The Hall–Kier alpha value is -1.31. The number of ether oxygens (including phenoxy) is 2. The molecule has 0 spiro atoms. The molecule has 17 heavy (non-hydrogen) atoms. The molecule has 0 aliphatic heterocycles. The first kappa shape index (κ1) is 13.8. The summed E-state index contributed by atoms with van der Waals surface area (Å²) in [5.41, 5.74) is 0.317. The molecule has 0 fully saturated rings. The van der Waals surface area contributed by atoms with E-state index in [-0.39, 0.29) is 23.7 Å². The summed E-state index contributed by atoms with van der Waals surface area (Å²) in [7, 11) is -1.02. The van der Waals surface area contributed by atoms with Crippen LogP contribution in [0.15, 0.2) is 17.0 Å². The van der Waals surface area contributed by atoms with E-state index in [0.717, 1.165) is 0 Å². The smallest absolute Gasteiger partial charge is 0.238 e. The summed E-state index contributed by atoms with van der Waals surface area (Å²) in [6.45, 7) is -0.216. The first-order valence-corrected chi connectivity index (χ1v) is 6.37. The Morgan fingerprint density at radius 1 is 1.29 bits per heavy atom. The molecule has 0 amide bonds. The summed E-state index contributed by atoms with van der Waals surface area (Å²) < 4.78 is 32.9. The van der Waals surface area contributed by atoms with E-state index in [1.807, 2.05) is 0 Å². The number of aliphatic hydroxyl groups is 1. The Bertz CT molecular complexity index is 498. The van der Waals surface area contributed by atoms with Crippen LogP contribution in [0.25, 0.3) is 0 Å². The number of aliphatic hydroxyl groups excluding tert-OH is 1. The zero-order chi connectivity index (χ0) is 13.1. The van der Waals surface area contributed by atoms with E-state index in [4.69, 9.17) is 19.7 Å². The Labute approximate surface area is 100 Å². The van der Waals surface area contributed by atoms with Crippen molar-refractivity contribution in [3.8, 4) is 11.5 Å². The van der Waals surface area contributed by atoms with Crippen LogP contribution in [0, 0.1) is 0 Å². The van der Waals surface area contributed by atoms with Crippen molar-refractivity contribution in [2.45, 2.75) is 11.3 Å². The number of nitrogens with two attached hydrogens (primary N) is 1. The van der Waals surface area contributed by atoms with Gasteiger partial charge < -0.3 is 14.6 Å². The summed E-state index contributed by atoms with van der Waals surface area (Å²) in [6.07, 6.45) is 0.117. The molecule has 96 valence electrons. The molecule has 3 N–H and O–H groups in total. The van der Waals surface area contributed by atoms with Crippen molar-refractivity contribution >= 4 is 10.0 Å². The first-order chi connectivity index (χ1) is 7.95. The number of rotatable bonds is 5. The van der Waals surface area contributed by atoms with Crippen LogP contribution >= 0.6 is 0 Å². The number of hydrogen-bond donors (Lipinski definition) is 2. The van der Waals surface area contributed by atoms with Gasteiger partial charge in [-0.1, -0.05) is 0 Å². The number of hydrogen-bond acceptors (Lipinski definition) is 5. The van der Waals surface area contributed by atoms with Crippen molar-refractivity contribution in [3.63, 3.8) is 0 Å². The number of primary sulfonamides is 1. The van der Waals surface area contributed by atoms with Crippen LogP contribution in [0.3, 0.4) is 0 Å². The minimum atomic E-state index is -3.86. The summed E-state index contributed by atoms with van der Waals surface area (Å²) in [5.74, 6) is 0.663. The number of methoxy groups -OCH3 is 2. The normalized spacial score (nSPS) is 11.3. The first-order valence-electron chi connectivity index (χ1n) is 4.83. The summed E-state index contributed by atoms with van der Waals surface area (Å²) in [4.78, 5) is -0.0656. The lowest BCUT2D eigenvalue weighted by Gasteiger charge is -2.15. The van der Waals surface area contributed by atoms with Gasteiger partial charge in [-0.2, -0.15) is 0 Å². The minimum absolute atomic E-state index is 0.0656. The van der Waals surface area contributed by atoms with Crippen LogP contribution in [-0.2, 0) is 16.4 Å². The van der Waals surface area contributed by atoms with Crippen molar-refractivity contribution in [2.24, 2.45) is 5.14 Å². The lowest BCUT2D eigenvalue weighted by Crippen LogP contribution is -2.16. The molecule has 0 aliphatic carbocycles. The van der Waals surface area contributed by atoms with Crippen LogP contribution in [0.1, 0.15) is 5.56 Å². The summed E-state index contributed by atoms with van der Waals surface area (Å²) >= 11 is 0. The van der Waals surface area contributed by atoms with E-state index in [2.05, 4.69) is 0 Å². The third-order valence-electron chi connectivity index (χ3n) is 2.27. The van der Waals surface area contributed by atoms with Gasteiger partial charge in [-0.3, -0.25) is 0 Å². The van der Waals surface area contributed by atoms with Crippen LogP contribution in [0.2, 0.25) is 0 Å². The van der Waals surface area contributed by atoms with Gasteiger partial charge in [0.25, 0.3) is 0 Å². The molecule has 0 saturated heterocycles. The van der Waals surface area contributed by atoms with Gasteiger partial charge in [0.05, 0.1) is 19.1 Å².